The summed E-state index contributed by atoms with van der Waals surface area (Å²) in [6.07, 6.45) is 2.26. The molecule has 5 heteroatoms. The molecule has 162 valence electrons. The second-order valence-electron chi connectivity index (χ2n) is 8.18. The predicted octanol–water partition coefficient (Wildman–Crippen LogP) is 8.28. The van der Waals surface area contributed by atoms with Crippen LogP contribution in [0.15, 0.2) is 114 Å². The van der Waals surface area contributed by atoms with Crippen molar-refractivity contribution < 1.29 is 0 Å². The molecule has 6 rings (SSSR count). The summed E-state index contributed by atoms with van der Waals surface area (Å²) < 4.78 is 0. The number of fused-ring (bicyclic) bond motifs is 3. The second kappa shape index (κ2) is 8.18. The SMILES string of the molecule is Clc1ccc(C2=CN(c3ccccc3)CC3(c4ccc(Cl)cc4)Sc4ccccc4N23)cc1. The number of para-hydroxylation sites is 2. The highest BCUT2D eigenvalue weighted by Crippen LogP contribution is 2.60. The zero-order valence-electron chi connectivity index (χ0n) is 17.7. The number of hydrogen-bond donors (Lipinski definition) is 0. The number of halogens is 2. The molecule has 2 aliphatic rings. The minimum atomic E-state index is -0.353. The van der Waals surface area contributed by atoms with Crippen LogP contribution in [0.25, 0.3) is 5.70 Å². The average molecular weight is 487 g/mol. The fourth-order valence-electron chi connectivity index (χ4n) is 4.66. The van der Waals surface area contributed by atoms with Crippen LogP contribution in [0.4, 0.5) is 11.4 Å². The molecule has 2 heterocycles. The van der Waals surface area contributed by atoms with Crippen LogP contribution in [0.2, 0.25) is 10.0 Å². The molecule has 0 N–H and O–H groups in total. The summed E-state index contributed by atoms with van der Waals surface area (Å²) in [6, 6.07) is 35.6. The molecule has 0 spiro atoms. The maximum Gasteiger partial charge on any atom is 0.139 e. The highest BCUT2D eigenvalue weighted by Gasteiger charge is 2.51. The van der Waals surface area contributed by atoms with Gasteiger partial charge in [0.2, 0.25) is 0 Å². The highest BCUT2D eigenvalue weighted by atomic mass is 35.5. The third-order valence-corrected chi connectivity index (χ3v) is 8.13. The van der Waals surface area contributed by atoms with Crippen molar-refractivity contribution in [3.63, 3.8) is 0 Å². The smallest absolute Gasteiger partial charge is 0.139 e. The third kappa shape index (κ3) is 3.52. The van der Waals surface area contributed by atoms with E-state index in [1.807, 2.05) is 36.0 Å². The molecule has 0 radical (unpaired) electrons. The van der Waals surface area contributed by atoms with Gasteiger partial charge in [-0.15, -0.1) is 0 Å². The number of hydrogen-bond acceptors (Lipinski definition) is 3. The predicted molar refractivity (Wildman–Crippen MR) is 141 cm³/mol. The number of anilines is 2. The summed E-state index contributed by atoms with van der Waals surface area (Å²) in [7, 11) is 0. The van der Waals surface area contributed by atoms with E-state index in [0.29, 0.717) is 0 Å². The fourth-order valence-corrected chi connectivity index (χ4v) is 6.43. The minimum Gasteiger partial charge on any atom is -0.342 e. The molecule has 1 atom stereocenters. The zero-order chi connectivity index (χ0) is 22.4. The van der Waals surface area contributed by atoms with Gasteiger partial charge in [-0.1, -0.05) is 89.6 Å². The molecule has 0 saturated carbocycles. The van der Waals surface area contributed by atoms with Gasteiger partial charge in [0.1, 0.15) is 4.87 Å². The van der Waals surface area contributed by atoms with Gasteiger partial charge in [0.25, 0.3) is 0 Å². The van der Waals surface area contributed by atoms with E-state index in [-0.39, 0.29) is 4.87 Å². The Hall–Kier alpha value is -2.85. The van der Waals surface area contributed by atoms with Crippen molar-refractivity contribution in [3.05, 3.63) is 131 Å². The minimum absolute atomic E-state index is 0.353. The Morgan fingerprint density at radius 3 is 2.06 bits per heavy atom. The molecule has 0 aromatic heterocycles. The molecule has 0 fully saturated rings. The normalized spacial score (nSPS) is 19.2. The van der Waals surface area contributed by atoms with Crippen molar-refractivity contribution in [2.24, 2.45) is 0 Å². The Morgan fingerprint density at radius 1 is 0.697 bits per heavy atom. The van der Waals surface area contributed by atoms with E-state index in [1.165, 1.54) is 16.1 Å². The fraction of sp³-hybridized carbons (Fsp3) is 0.0714. The van der Waals surface area contributed by atoms with Crippen molar-refractivity contribution >= 4 is 52.0 Å². The third-order valence-electron chi connectivity index (χ3n) is 6.17. The molecular weight excluding hydrogens is 467 g/mol. The zero-order valence-corrected chi connectivity index (χ0v) is 20.0. The van der Waals surface area contributed by atoms with Crippen LogP contribution in [0.5, 0.6) is 0 Å². The monoisotopic (exact) mass is 486 g/mol. The number of rotatable bonds is 3. The quantitative estimate of drug-likeness (QED) is 0.287. The highest BCUT2D eigenvalue weighted by molar-refractivity contribution is 8.01. The maximum absolute atomic E-state index is 6.29. The molecule has 1 unspecified atom stereocenters. The lowest BCUT2D eigenvalue weighted by Crippen LogP contribution is -2.51. The molecule has 4 aromatic rings. The molecule has 4 aromatic carbocycles. The van der Waals surface area contributed by atoms with Crippen LogP contribution >= 0.6 is 35.0 Å². The molecule has 0 bridgehead atoms. The topological polar surface area (TPSA) is 6.48 Å². The van der Waals surface area contributed by atoms with Crippen molar-refractivity contribution in [1.82, 2.24) is 0 Å². The van der Waals surface area contributed by atoms with Crippen LogP contribution in [0.1, 0.15) is 11.1 Å². The first-order valence-corrected chi connectivity index (χ1v) is 12.4. The van der Waals surface area contributed by atoms with E-state index >= 15 is 0 Å². The maximum atomic E-state index is 6.29. The number of nitrogens with zero attached hydrogens (tertiary/aromatic N) is 2. The first-order valence-electron chi connectivity index (χ1n) is 10.8. The Bertz CT molecular complexity index is 1340. The number of thioether (sulfide) groups is 1. The van der Waals surface area contributed by atoms with Crippen molar-refractivity contribution in [1.29, 1.82) is 0 Å². The van der Waals surface area contributed by atoms with E-state index in [4.69, 9.17) is 23.2 Å². The molecule has 2 aliphatic heterocycles. The molecule has 0 saturated heterocycles. The Labute approximate surface area is 208 Å². The summed E-state index contributed by atoms with van der Waals surface area (Å²) in [5.41, 5.74) is 5.85. The standard InChI is InChI=1S/C28H20Cl2N2S/c29-22-14-10-20(11-15-22)26-18-31(24-6-2-1-3-7-24)19-28(21-12-16-23(30)17-13-21)32(26)25-8-4-5-9-27(25)33-28/h1-18H,19H2. The number of benzene rings is 4. The molecule has 2 nitrogen and oxygen atoms in total. The van der Waals surface area contributed by atoms with Crippen LogP contribution in [0, 0.1) is 0 Å². The lowest BCUT2D eigenvalue weighted by atomic mass is 9.97. The molecular formula is C28H20Cl2N2S. The van der Waals surface area contributed by atoms with Crippen LogP contribution < -0.4 is 9.80 Å². The van der Waals surface area contributed by atoms with Crippen LogP contribution in [-0.4, -0.2) is 6.54 Å². The Kier molecular flexibility index (Phi) is 5.14. The summed E-state index contributed by atoms with van der Waals surface area (Å²) >= 11 is 14.4. The largest absolute Gasteiger partial charge is 0.342 e. The summed E-state index contributed by atoms with van der Waals surface area (Å²) in [6.45, 7) is 0.787. The van der Waals surface area contributed by atoms with Gasteiger partial charge in [-0.25, -0.2) is 0 Å². The molecule has 0 amide bonds. The van der Waals surface area contributed by atoms with Crippen LogP contribution in [-0.2, 0) is 4.87 Å². The lowest BCUT2D eigenvalue weighted by Gasteiger charge is -2.47. The lowest BCUT2D eigenvalue weighted by molar-refractivity contribution is 0.625. The van der Waals surface area contributed by atoms with Gasteiger partial charge < -0.3 is 9.80 Å². The van der Waals surface area contributed by atoms with E-state index in [9.17, 15) is 0 Å². The first-order chi connectivity index (χ1) is 16.1. The van der Waals surface area contributed by atoms with Crippen molar-refractivity contribution in [2.75, 3.05) is 16.3 Å². The van der Waals surface area contributed by atoms with Crippen molar-refractivity contribution in [2.45, 2.75) is 9.77 Å². The van der Waals surface area contributed by atoms with Gasteiger partial charge in [0.15, 0.2) is 0 Å². The van der Waals surface area contributed by atoms with Gasteiger partial charge in [0, 0.05) is 26.8 Å². The van der Waals surface area contributed by atoms with Crippen LogP contribution in [0.3, 0.4) is 0 Å². The summed E-state index contributed by atoms with van der Waals surface area (Å²) in [5.74, 6) is 0. The van der Waals surface area contributed by atoms with E-state index in [0.717, 1.165) is 33.5 Å². The summed E-state index contributed by atoms with van der Waals surface area (Å²) in [4.78, 5) is 5.75. The molecule has 33 heavy (non-hydrogen) atoms. The van der Waals surface area contributed by atoms with Gasteiger partial charge in [0.05, 0.1) is 17.9 Å². The van der Waals surface area contributed by atoms with Gasteiger partial charge in [-0.3, -0.25) is 0 Å². The Balaban J connectivity index is 1.61. The van der Waals surface area contributed by atoms with Gasteiger partial charge in [-0.05, 0) is 59.7 Å². The van der Waals surface area contributed by atoms with E-state index in [2.05, 4.69) is 94.9 Å². The average Bonchev–Trinajstić information content (AvgIpc) is 3.20. The Morgan fingerprint density at radius 2 is 1.33 bits per heavy atom. The van der Waals surface area contributed by atoms with Gasteiger partial charge >= 0.3 is 0 Å². The van der Waals surface area contributed by atoms with E-state index in [1.54, 1.807) is 0 Å². The first kappa shape index (κ1) is 20.7. The molecule has 0 aliphatic carbocycles. The van der Waals surface area contributed by atoms with Crippen molar-refractivity contribution in [3.8, 4) is 0 Å². The van der Waals surface area contributed by atoms with E-state index < -0.39 is 0 Å². The second-order valence-corrected chi connectivity index (χ2v) is 10.4. The van der Waals surface area contributed by atoms with Gasteiger partial charge in [-0.2, -0.15) is 0 Å². The summed E-state index contributed by atoms with van der Waals surface area (Å²) in [5, 5.41) is 1.47.